The van der Waals surface area contributed by atoms with E-state index in [0.29, 0.717) is 23.6 Å². The van der Waals surface area contributed by atoms with Crippen molar-refractivity contribution in [3.05, 3.63) is 94.5 Å². The predicted octanol–water partition coefficient (Wildman–Crippen LogP) is 4.62. The number of imide groups is 1. The normalized spacial score (nSPS) is 13.4. The molecule has 7 nitrogen and oxygen atoms in total. The number of fused-ring (bicyclic) bond motifs is 1. The highest BCUT2D eigenvalue weighted by atomic mass is 16.5. The van der Waals surface area contributed by atoms with Gasteiger partial charge < -0.3 is 9.47 Å². The molecule has 0 aliphatic carbocycles. The minimum absolute atomic E-state index is 0.0806. The Labute approximate surface area is 196 Å². The van der Waals surface area contributed by atoms with E-state index in [4.69, 9.17) is 9.47 Å². The largest absolute Gasteiger partial charge is 0.494 e. The molecule has 4 rings (SSSR count). The highest BCUT2D eigenvalue weighted by Gasteiger charge is 2.37. The number of amides is 2. The Bertz CT molecular complexity index is 1280. The van der Waals surface area contributed by atoms with Crippen molar-refractivity contribution < 1.29 is 28.7 Å². The number of carbonyl (C=O) groups is 4. The lowest BCUT2D eigenvalue weighted by molar-refractivity contribution is 0.0318. The third-order valence-electron chi connectivity index (χ3n) is 5.52. The summed E-state index contributed by atoms with van der Waals surface area (Å²) in [6.45, 7) is 5.77. The second kappa shape index (κ2) is 9.31. The lowest BCUT2D eigenvalue weighted by atomic mass is 10.0. The second-order valence-corrected chi connectivity index (χ2v) is 7.91. The summed E-state index contributed by atoms with van der Waals surface area (Å²) in [5.74, 6) is -1.48. The molecule has 1 aliphatic heterocycles. The fraction of sp³-hybridized carbons (Fsp3) is 0.185. The Morgan fingerprint density at radius 3 is 2.12 bits per heavy atom. The maximum atomic E-state index is 13.0. The van der Waals surface area contributed by atoms with E-state index in [2.05, 4.69) is 0 Å². The van der Waals surface area contributed by atoms with Crippen LogP contribution in [0.15, 0.2) is 66.7 Å². The van der Waals surface area contributed by atoms with Crippen LogP contribution in [-0.4, -0.2) is 36.3 Å². The molecule has 0 saturated heterocycles. The van der Waals surface area contributed by atoms with Crippen molar-refractivity contribution in [1.29, 1.82) is 0 Å². The molecule has 0 spiro atoms. The Hall–Kier alpha value is -4.26. The average Bonchev–Trinajstić information content (AvgIpc) is 3.09. The van der Waals surface area contributed by atoms with Gasteiger partial charge in [-0.25, -0.2) is 9.69 Å². The molecule has 0 N–H and O–H groups in total. The van der Waals surface area contributed by atoms with Crippen molar-refractivity contribution in [2.24, 2.45) is 0 Å². The van der Waals surface area contributed by atoms with E-state index in [1.165, 1.54) is 25.1 Å². The van der Waals surface area contributed by atoms with Gasteiger partial charge in [0.25, 0.3) is 11.8 Å². The monoisotopic (exact) mass is 457 g/mol. The van der Waals surface area contributed by atoms with Gasteiger partial charge in [-0.15, -0.1) is 0 Å². The Balaban J connectivity index is 1.51. The van der Waals surface area contributed by atoms with Gasteiger partial charge in [-0.1, -0.05) is 29.8 Å². The van der Waals surface area contributed by atoms with Crippen molar-refractivity contribution in [3.63, 3.8) is 0 Å². The maximum absolute atomic E-state index is 13.0. The quantitative estimate of drug-likeness (QED) is 0.292. The summed E-state index contributed by atoms with van der Waals surface area (Å²) in [5.41, 5.74) is 2.22. The first-order chi connectivity index (χ1) is 16.3. The molecule has 34 heavy (non-hydrogen) atoms. The molecular formula is C27H23NO6. The van der Waals surface area contributed by atoms with Gasteiger partial charge in [-0.3, -0.25) is 14.4 Å². The lowest BCUT2D eigenvalue weighted by Gasteiger charge is -2.14. The van der Waals surface area contributed by atoms with E-state index in [9.17, 15) is 19.2 Å². The van der Waals surface area contributed by atoms with Crippen LogP contribution in [0.2, 0.25) is 0 Å². The minimum Gasteiger partial charge on any atom is -0.494 e. The van der Waals surface area contributed by atoms with Crippen molar-refractivity contribution in [2.75, 3.05) is 11.5 Å². The van der Waals surface area contributed by atoms with E-state index in [-0.39, 0.29) is 22.5 Å². The summed E-state index contributed by atoms with van der Waals surface area (Å²) < 4.78 is 10.7. The summed E-state index contributed by atoms with van der Waals surface area (Å²) in [6, 6.07) is 17.7. The Kier molecular flexibility index (Phi) is 6.27. The molecule has 0 aromatic heterocycles. The number of rotatable bonds is 7. The number of aryl methyl sites for hydroxylation is 1. The van der Waals surface area contributed by atoms with Crippen molar-refractivity contribution >= 4 is 29.3 Å². The smallest absolute Gasteiger partial charge is 0.338 e. The van der Waals surface area contributed by atoms with E-state index in [1.54, 1.807) is 48.5 Å². The van der Waals surface area contributed by atoms with Gasteiger partial charge in [-0.2, -0.15) is 0 Å². The van der Waals surface area contributed by atoms with Crippen LogP contribution in [0.4, 0.5) is 5.69 Å². The Morgan fingerprint density at radius 2 is 1.47 bits per heavy atom. The van der Waals surface area contributed by atoms with Crippen LogP contribution >= 0.6 is 0 Å². The molecule has 3 aromatic carbocycles. The number of hydrogen-bond acceptors (Lipinski definition) is 6. The molecule has 0 bridgehead atoms. The first-order valence-electron chi connectivity index (χ1n) is 10.9. The Morgan fingerprint density at radius 1 is 0.853 bits per heavy atom. The highest BCUT2D eigenvalue weighted by molar-refractivity contribution is 6.34. The number of ether oxygens (including phenoxy) is 2. The summed E-state index contributed by atoms with van der Waals surface area (Å²) in [4.78, 5) is 52.2. The van der Waals surface area contributed by atoms with Gasteiger partial charge in [0.15, 0.2) is 6.10 Å². The second-order valence-electron chi connectivity index (χ2n) is 7.91. The van der Waals surface area contributed by atoms with E-state index < -0.39 is 23.9 Å². The minimum atomic E-state index is -1.01. The summed E-state index contributed by atoms with van der Waals surface area (Å²) in [5, 5.41) is 0. The molecule has 1 unspecified atom stereocenters. The number of anilines is 1. The molecule has 0 fully saturated rings. The highest BCUT2D eigenvalue weighted by Crippen LogP contribution is 2.30. The van der Waals surface area contributed by atoms with Crippen LogP contribution in [-0.2, 0) is 4.74 Å². The summed E-state index contributed by atoms with van der Waals surface area (Å²) in [6.07, 6.45) is -1.01. The number of esters is 1. The lowest BCUT2D eigenvalue weighted by Crippen LogP contribution is -2.29. The van der Waals surface area contributed by atoms with Crippen LogP contribution in [0.3, 0.4) is 0 Å². The van der Waals surface area contributed by atoms with Crippen LogP contribution in [0.1, 0.15) is 60.8 Å². The fourth-order valence-corrected chi connectivity index (χ4v) is 3.70. The van der Waals surface area contributed by atoms with Crippen LogP contribution in [0, 0.1) is 6.92 Å². The van der Waals surface area contributed by atoms with Gasteiger partial charge in [0.1, 0.15) is 5.75 Å². The number of benzene rings is 3. The molecule has 0 saturated carbocycles. The van der Waals surface area contributed by atoms with Crippen LogP contribution in [0.5, 0.6) is 5.75 Å². The molecule has 3 aromatic rings. The first-order valence-corrected chi connectivity index (χ1v) is 10.9. The van der Waals surface area contributed by atoms with Gasteiger partial charge in [0.2, 0.25) is 5.78 Å². The van der Waals surface area contributed by atoms with Gasteiger partial charge in [-0.05, 0) is 63.2 Å². The number of nitrogens with zero attached hydrogens (tertiary/aromatic N) is 1. The molecule has 2 amide bonds. The number of Topliss-reactive ketones (excluding diaryl/α,β-unsaturated/α-hetero) is 1. The third-order valence-corrected chi connectivity index (χ3v) is 5.52. The van der Waals surface area contributed by atoms with E-state index in [0.717, 1.165) is 10.5 Å². The van der Waals surface area contributed by atoms with Crippen molar-refractivity contribution in [2.45, 2.75) is 26.9 Å². The molecule has 1 aliphatic rings. The topological polar surface area (TPSA) is 90.0 Å². The fourth-order valence-electron chi connectivity index (χ4n) is 3.70. The third kappa shape index (κ3) is 4.32. The molecule has 172 valence electrons. The molecule has 1 atom stereocenters. The zero-order chi connectivity index (χ0) is 24.4. The van der Waals surface area contributed by atoms with E-state index >= 15 is 0 Å². The van der Waals surface area contributed by atoms with Gasteiger partial charge >= 0.3 is 5.97 Å². The number of carbonyl (C=O) groups excluding carboxylic acids is 4. The predicted molar refractivity (Wildman–Crippen MR) is 126 cm³/mol. The summed E-state index contributed by atoms with van der Waals surface area (Å²) >= 11 is 0. The number of hydrogen-bond donors (Lipinski definition) is 0. The standard InChI is InChI=1S/C27H23NO6/c1-4-33-21-12-10-20(11-13-21)28-25(30)22-14-9-19(15-23(22)26(28)31)27(32)34-17(3)24(29)18-7-5-16(2)6-8-18/h5-15,17H,4H2,1-3H3. The van der Waals surface area contributed by atoms with Gasteiger partial charge in [0.05, 0.1) is 29.0 Å². The SMILES string of the molecule is CCOc1ccc(N2C(=O)c3ccc(C(=O)OC(C)C(=O)c4ccc(C)cc4)cc3C2=O)cc1. The first kappa shape index (κ1) is 22.9. The zero-order valence-corrected chi connectivity index (χ0v) is 19.0. The number of ketones is 1. The molecule has 1 heterocycles. The van der Waals surface area contributed by atoms with Crippen molar-refractivity contribution in [1.82, 2.24) is 0 Å². The zero-order valence-electron chi connectivity index (χ0n) is 19.0. The molecule has 0 radical (unpaired) electrons. The van der Waals surface area contributed by atoms with Crippen molar-refractivity contribution in [3.8, 4) is 5.75 Å². The average molecular weight is 457 g/mol. The maximum Gasteiger partial charge on any atom is 0.338 e. The van der Waals surface area contributed by atoms with Gasteiger partial charge in [0, 0.05) is 5.56 Å². The summed E-state index contributed by atoms with van der Waals surface area (Å²) in [7, 11) is 0. The van der Waals surface area contributed by atoms with E-state index in [1.807, 2.05) is 13.8 Å². The molecular weight excluding hydrogens is 434 g/mol. The van der Waals surface area contributed by atoms with Crippen LogP contribution < -0.4 is 9.64 Å². The van der Waals surface area contributed by atoms with Crippen LogP contribution in [0.25, 0.3) is 0 Å². The molecule has 7 heteroatoms.